The Labute approximate surface area is 393 Å². The molecule has 21 heteroatoms. The zero-order valence-electron chi connectivity index (χ0n) is 39.3. The van der Waals surface area contributed by atoms with E-state index in [4.69, 9.17) is 28.9 Å². The fourth-order valence-electron chi connectivity index (χ4n) is 8.98. The van der Waals surface area contributed by atoms with Gasteiger partial charge in [0.15, 0.2) is 10.3 Å². The lowest BCUT2D eigenvalue weighted by atomic mass is 9.87. The molecule has 3 N–H and O–H groups in total. The number of hydrogen-bond acceptors (Lipinski definition) is 15. The van der Waals surface area contributed by atoms with E-state index in [1.165, 1.54) is 78.4 Å². The van der Waals surface area contributed by atoms with Crippen LogP contribution >= 0.6 is 22.7 Å². The van der Waals surface area contributed by atoms with Crippen LogP contribution in [0.3, 0.4) is 0 Å². The van der Waals surface area contributed by atoms with Gasteiger partial charge in [0.1, 0.15) is 24.2 Å². The van der Waals surface area contributed by atoms with Gasteiger partial charge in [-0.1, -0.05) is 32.9 Å². The van der Waals surface area contributed by atoms with E-state index < -0.39 is 60.4 Å². The number of carbonyl (C=O) groups excluding carboxylic acids is 6. The Morgan fingerprint density at radius 1 is 0.727 bits per heavy atom. The average Bonchev–Trinajstić information content (AvgIpc) is 4.17. The minimum Gasteiger partial charge on any atom is -0.453 e. The maximum atomic E-state index is 13.9. The molecule has 6 amide bonds. The number of methoxy groups -OCH3 is 4. The lowest BCUT2D eigenvalue weighted by Crippen LogP contribution is -2.57. The third-order valence-corrected chi connectivity index (χ3v) is 14.3. The van der Waals surface area contributed by atoms with E-state index >= 15 is 0 Å². The van der Waals surface area contributed by atoms with E-state index in [0.29, 0.717) is 49.0 Å². The number of carbonyl (C=O) groups is 6. The smallest absolute Gasteiger partial charge is 0.409 e. The fraction of sp³-hybridized carbons (Fsp3) is 0.600. The summed E-state index contributed by atoms with van der Waals surface area (Å²) in [4.78, 5) is 96.2. The Balaban J connectivity index is 1.20. The molecule has 0 bridgehead atoms. The molecule has 3 aliphatic rings. The number of alkyl carbamates (subject to hydrolysis) is 1. The van der Waals surface area contributed by atoms with Crippen LogP contribution in [0.15, 0.2) is 35.0 Å². The summed E-state index contributed by atoms with van der Waals surface area (Å²) in [5.74, 6) is -1.59. The molecule has 66 heavy (non-hydrogen) atoms. The van der Waals surface area contributed by atoms with Gasteiger partial charge in [0.05, 0.1) is 49.9 Å². The van der Waals surface area contributed by atoms with Crippen LogP contribution in [0.1, 0.15) is 102 Å². The van der Waals surface area contributed by atoms with Gasteiger partial charge in [0, 0.05) is 50.8 Å². The molecule has 19 nitrogen and oxygen atoms in total. The number of anilines is 3. The molecule has 1 aromatic carbocycles. The van der Waals surface area contributed by atoms with Crippen molar-refractivity contribution in [3.63, 3.8) is 0 Å². The molecule has 0 aliphatic carbocycles. The van der Waals surface area contributed by atoms with Crippen LogP contribution in [0.25, 0.3) is 0 Å². The van der Waals surface area contributed by atoms with Crippen molar-refractivity contribution < 1.29 is 47.7 Å². The van der Waals surface area contributed by atoms with Gasteiger partial charge in [-0.25, -0.2) is 19.6 Å². The van der Waals surface area contributed by atoms with Gasteiger partial charge in [0.25, 0.3) is 0 Å². The van der Waals surface area contributed by atoms with Crippen LogP contribution < -0.4 is 20.9 Å². The first kappa shape index (κ1) is 50.0. The van der Waals surface area contributed by atoms with Crippen LogP contribution in [0.5, 0.6) is 0 Å². The lowest BCUT2D eigenvalue weighted by Gasteiger charge is -2.34. The molecule has 8 atom stereocenters. The highest BCUT2D eigenvalue weighted by atomic mass is 32.1. The highest BCUT2D eigenvalue weighted by Crippen LogP contribution is 2.48. The third-order valence-electron chi connectivity index (χ3n) is 12.8. The molecule has 6 rings (SSSR count). The number of nitrogens with one attached hydrogen (secondary N) is 3. The number of hydrogen-bond donors (Lipinski definition) is 3. The van der Waals surface area contributed by atoms with Gasteiger partial charge in [-0.15, -0.1) is 22.7 Å². The molecular formula is C45H63N9O10S2. The van der Waals surface area contributed by atoms with E-state index in [1.807, 2.05) is 10.8 Å². The van der Waals surface area contributed by atoms with Crippen molar-refractivity contribution in [2.45, 2.75) is 127 Å². The monoisotopic (exact) mass is 953 g/mol. The van der Waals surface area contributed by atoms with Gasteiger partial charge in [0.2, 0.25) is 23.6 Å². The van der Waals surface area contributed by atoms with Crippen LogP contribution in [0.2, 0.25) is 0 Å². The fourth-order valence-corrected chi connectivity index (χ4v) is 10.5. The first-order chi connectivity index (χ1) is 31.4. The molecule has 0 saturated carbocycles. The summed E-state index contributed by atoms with van der Waals surface area (Å²) in [7, 11) is 6.82. The summed E-state index contributed by atoms with van der Waals surface area (Å²) >= 11 is 2.61. The highest BCUT2D eigenvalue weighted by molar-refractivity contribution is 7.14. The van der Waals surface area contributed by atoms with Gasteiger partial charge < -0.3 is 49.6 Å². The van der Waals surface area contributed by atoms with E-state index in [-0.39, 0.29) is 29.3 Å². The maximum absolute atomic E-state index is 13.9. The summed E-state index contributed by atoms with van der Waals surface area (Å²) in [5, 5.41) is 13.2. The standard InChI is InChI=1S/C45H63N9O10S2/c1-25(61-7)35(48-43(59)63-9)39(57)52-21-11-13-33(52)37(55)49-41-46-29(23-65-41)31-19-20-32(54(31)28-17-15-27(16-18-28)45(3,4)5)30-24-66-42(47-30)50-38(56)34-14-12-22-53(34)40(58)36(26(2)62-8)51(6)44(60)64-10/h15-18,23-26,31-36H,11-14,19-22H2,1-10H3,(H,48,59)(H,46,49,55)(H,47,50,56)/t25-,26-,31+,32+,33+,34+,35+,36+/m1/s1. The van der Waals surface area contributed by atoms with Crippen molar-refractivity contribution >= 4 is 74.4 Å². The van der Waals surface area contributed by atoms with Crippen LogP contribution in [-0.2, 0) is 43.5 Å². The number of ether oxygens (including phenoxy) is 4. The highest BCUT2D eigenvalue weighted by Gasteiger charge is 2.44. The topological polar surface area (TPSA) is 214 Å². The predicted molar refractivity (Wildman–Crippen MR) is 250 cm³/mol. The molecule has 5 heterocycles. The zero-order chi connectivity index (χ0) is 48.0. The minimum absolute atomic E-state index is 0.0631. The van der Waals surface area contributed by atoms with Crippen molar-refractivity contribution in [1.82, 2.24) is 30.0 Å². The van der Waals surface area contributed by atoms with Crippen LogP contribution in [0, 0.1) is 0 Å². The number of amides is 6. The molecule has 0 unspecified atom stereocenters. The number of likely N-dealkylation sites (tertiary alicyclic amines) is 2. The Kier molecular flexibility index (Phi) is 16.3. The van der Waals surface area contributed by atoms with Crippen molar-refractivity contribution in [2.75, 3.05) is 64.1 Å². The summed E-state index contributed by atoms with van der Waals surface area (Å²) < 4.78 is 20.5. The molecule has 0 spiro atoms. The van der Waals surface area contributed by atoms with E-state index in [1.54, 1.807) is 13.8 Å². The predicted octanol–water partition coefficient (Wildman–Crippen LogP) is 5.70. The van der Waals surface area contributed by atoms with Crippen molar-refractivity contribution in [2.24, 2.45) is 0 Å². The lowest BCUT2D eigenvalue weighted by molar-refractivity contribution is -0.144. The first-order valence-electron chi connectivity index (χ1n) is 22.2. The number of likely N-dealkylation sites (N-methyl/N-ethyl adjacent to an activating group) is 1. The second-order valence-corrected chi connectivity index (χ2v) is 19.6. The molecule has 2 aromatic heterocycles. The van der Waals surface area contributed by atoms with Gasteiger partial charge in [-0.05, 0) is 75.5 Å². The Hall–Kier alpha value is -5.38. The summed E-state index contributed by atoms with van der Waals surface area (Å²) in [6.07, 6.45) is 0.756. The molecule has 3 saturated heterocycles. The number of benzene rings is 1. The Morgan fingerprint density at radius 2 is 1.23 bits per heavy atom. The average molecular weight is 954 g/mol. The Morgan fingerprint density at radius 3 is 1.68 bits per heavy atom. The number of thiazole rings is 2. The van der Waals surface area contributed by atoms with E-state index in [2.05, 4.69) is 65.9 Å². The van der Waals surface area contributed by atoms with Crippen molar-refractivity contribution in [3.8, 4) is 0 Å². The maximum Gasteiger partial charge on any atom is 0.409 e. The Bertz CT molecular complexity index is 2210. The first-order valence-corrected chi connectivity index (χ1v) is 23.9. The third kappa shape index (κ3) is 10.9. The van der Waals surface area contributed by atoms with Gasteiger partial charge in [-0.3, -0.25) is 24.1 Å². The number of nitrogens with zero attached hydrogens (tertiary/aromatic N) is 6. The summed E-state index contributed by atoms with van der Waals surface area (Å²) in [5.41, 5.74) is 3.61. The van der Waals surface area contributed by atoms with E-state index in [9.17, 15) is 28.8 Å². The number of rotatable bonds is 15. The number of aromatic nitrogens is 2. The second-order valence-electron chi connectivity index (χ2n) is 17.8. The second kappa shape index (κ2) is 21.5. The molecule has 0 radical (unpaired) electrons. The van der Waals surface area contributed by atoms with Gasteiger partial charge >= 0.3 is 12.2 Å². The molecule has 3 fully saturated rings. The molecule has 3 aromatic rings. The molecular weight excluding hydrogens is 891 g/mol. The quantitative estimate of drug-likeness (QED) is 0.167. The SMILES string of the molecule is COC(=O)N[C@H](C(=O)N1CCC[C@H]1C(=O)Nc1nc([C@@H]2CC[C@@H](c3csc(NC(=O)[C@@H]4CCCN4C(=O)[C@H]([C@@H](C)OC)N(C)C(=O)OC)n3)N2c2ccc(C(C)(C)C)cc2)cs1)[C@@H](C)OC. The van der Waals surface area contributed by atoms with Crippen LogP contribution in [0.4, 0.5) is 25.5 Å². The summed E-state index contributed by atoms with van der Waals surface area (Å²) in [6.45, 7) is 10.5. The van der Waals surface area contributed by atoms with Crippen molar-refractivity contribution in [3.05, 3.63) is 52.0 Å². The molecule has 3 aliphatic heterocycles. The largest absolute Gasteiger partial charge is 0.453 e. The van der Waals surface area contributed by atoms with Crippen LogP contribution in [-0.4, -0.2) is 145 Å². The molecule has 360 valence electrons. The normalized spacial score (nSPS) is 21.5. The van der Waals surface area contributed by atoms with E-state index in [0.717, 1.165) is 29.9 Å². The minimum atomic E-state index is -1.05. The summed E-state index contributed by atoms with van der Waals surface area (Å²) in [6, 6.07) is 4.50. The van der Waals surface area contributed by atoms with Gasteiger partial charge in [-0.2, -0.15) is 0 Å². The van der Waals surface area contributed by atoms with Crippen molar-refractivity contribution in [1.29, 1.82) is 0 Å². The zero-order valence-corrected chi connectivity index (χ0v) is 41.0.